The molecule has 0 fully saturated rings. The van der Waals surface area contributed by atoms with Gasteiger partial charge in [-0.1, -0.05) is 127 Å². The summed E-state index contributed by atoms with van der Waals surface area (Å²) in [6.07, 6.45) is 15.3. The fourth-order valence-corrected chi connectivity index (χ4v) is 7.89. The summed E-state index contributed by atoms with van der Waals surface area (Å²) in [6.45, 7) is 0. The first-order chi connectivity index (χ1) is 25.7. The zero-order valence-electron chi connectivity index (χ0n) is 27.9. The second-order valence-electron chi connectivity index (χ2n) is 13.5. The summed E-state index contributed by atoms with van der Waals surface area (Å²) in [6, 6.07) is 41.8. The number of rotatable bonds is 4. The van der Waals surface area contributed by atoms with Crippen molar-refractivity contribution in [1.82, 2.24) is 15.0 Å². The van der Waals surface area contributed by atoms with Gasteiger partial charge < -0.3 is 8.83 Å². The molecule has 0 N–H and O–H groups in total. The Kier molecular flexibility index (Phi) is 6.31. The number of hydrogen-bond acceptors (Lipinski definition) is 5. The smallest absolute Gasteiger partial charge is 0.164 e. The molecule has 2 unspecified atom stereocenters. The van der Waals surface area contributed by atoms with E-state index in [1.165, 1.54) is 10.8 Å². The topological polar surface area (TPSA) is 65.0 Å². The first-order valence-electron chi connectivity index (χ1n) is 17.6. The van der Waals surface area contributed by atoms with Crippen molar-refractivity contribution in [3.05, 3.63) is 170 Å². The Morgan fingerprint density at radius 3 is 1.94 bits per heavy atom. The van der Waals surface area contributed by atoms with Gasteiger partial charge in [0.05, 0.1) is 0 Å². The third-order valence-electron chi connectivity index (χ3n) is 10.4. The van der Waals surface area contributed by atoms with Gasteiger partial charge in [-0.05, 0) is 58.3 Å². The highest BCUT2D eigenvalue weighted by molar-refractivity contribution is 6.19. The zero-order valence-corrected chi connectivity index (χ0v) is 27.9. The number of fused-ring (bicyclic) bond motifs is 9. The molecule has 5 heteroatoms. The molecule has 0 radical (unpaired) electrons. The van der Waals surface area contributed by atoms with Gasteiger partial charge in [0.15, 0.2) is 17.5 Å². The van der Waals surface area contributed by atoms with Crippen molar-refractivity contribution >= 4 is 60.2 Å². The molecule has 3 aromatic heterocycles. The van der Waals surface area contributed by atoms with Gasteiger partial charge in [-0.15, -0.1) is 0 Å². The van der Waals surface area contributed by atoms with Crippen LogP contribution in [0.1, 0.15) is 5.82 Å². The molecule has 0 spiro atoms. The molecule has 2 aliphatic carbocycles. The molecular weight excluding hydrogens is 639 g/mol. The minimum atomic E-state index is 0.267. The molecule has 6 aromatic carbocycles. The Morgan fingerprint density at radius 1 is 0.442 bits per heavy atom. The molecule has 2 atom stereocenters. The van der Waals surface area contributed by atoms with Crippen LogP contribution < -0.4 is 0 Å². The lowest BCUT2D eigenvalue weighted by atomic mass is 9.83. The SMILES string of the molecule is C1=CC2C=CC(c3nc(-c4ccccc4)nc(-c4cccc5oc6ccc(-c7ccc8oc9ccc%10ccccc%10c9c8c7)cc6c45)n3)=CC2C=C1. The van der Waals surface area contributed by atoms with E-state index in [9.17, 15) is 0 Å². The van der Waals surface area contributed by atoms with Gasteiger partial charge >= 0.3 is 0 Å². The van der Waals surface area contributed by atoms with Crippen LogP contribution in [-0.2, 0) is 0 Å². The Labute approximate surface area is 298 Å². The van der Waals surface area contributed by atoms with E-state index in [2.05, 4.69) is 121 Å². The second-order valence-corrected chi connectivity index (χ2v) is 13.5. The van der Waals surface area contributed by atoms with Gasteiger partial charge in [0.2, 0.25) is 0 Å². The molecule has 0 amide bonds. The largest absolute Gasteiger partial charge is 0.456 e. The normalized spacial score (nSPS) is 16.7. The molecule has 244 valence electrons. The van der Waals surface area contributed by atoms with Crippen molar-refractivity contribution in [2.75, 3.05) is 0 Å². The maximum Gasteiger partial charge on any atom is 0.164 e. The van der Waals surface area contributed by atoms with E-state index in [0.717, 1.165) is 71.7 Å². The summed E-state index contributed by atoms with van der Waals surface area (Å²) < 4.78 is 12.8. The average Bonchev–Trinajstić information content (AvgIpc) is 3.79. The molecule has 0 saturated heterocycles. The van der Waals surface area contributed by atoms with E-state index in [4.69, 9.17) is 23.8 Å². The molecule has 0 saturated carbocycles. The molecular formula is C47H29N3O2. The van der Waals surface area contributed by atoms with Crippen LogP contribution >= 0.6 is 0 Å². The summed E-state index contributed by atoms with van der Waals surface area (Å²) in [5.41, 5.74) is 8.38. The Bertz CT molecular complexity index is 3030. The average molecular weight is 668 g/mol. The minimum Gasteiger partial charge on any atom is -0.456 e. The number of aromatic nitrogens is 3. The zero-order chi connectivity index (χ0) is 34.2. The van der Waals surface area contributed by atoms with Crippen molar-refractivity contribution in [3.63, 3.8) is 0 Å². The van der Waals surface area contributed by atoms with Crippen LogP contribution in [0, 0.1) is 11.8 Å². The van der Waals surface area contributed by atoms with E-state index in [1.807, 2.05) is 42.5 Å². The van der Waals surface area contributed by atoms with E-state index in [1.54, 1.807) is 0 Å². The van der Waals surface area contributed by atoms with Gasteiger partial charge in [-0.3, -0.25) is 0 Å². The Hall–Kier alpha value is -6.85. The highest BCUT2D eigenvalue weighted by Gasteiger charge is 2.23. The standard InChI is InChI=1S/C47H29N3O2/c1-2-11-30(12-3-1)45-48-46(34-18-17-28-9-4-5-13-31(28)25-34)50-47(49-45)36-15-8-16-41-44(36)38-27-33(21-23-40(38)51-41)32-20-22-39-37(26-32)43-35-14-7-6-10-29(35)19-24-42(43)52-39/h1-28,31H. The molecule has 9 aromatic rings. The molecule has 3 heterocycles. The summed E-state index contributed by atoms with van der Waals surface area (Å²) in [5.74, 6) is 2.50. The lowest BCUT2D eigenvalue weighted by molar-refractivity contribution is 0.662. The third kappa shape index (κ3) is 4.60. The Balaban J connectivity index is 1.09. The van der Waals surface area contributed by atoms with E-state index in [0.29, 0.717) is 23.4 Å². The van der Waals surface area contributed by atoms with Crippen LogP contribution in [0.25, 0.3) is 94.1 Å². The summed E-state index contributed by atoms with van der Waals surface area (Å²) >= 11 is 0. The van der Waals surface area contributed by atoms with E-state index in [-0.39, 0.29) is 5.92 Å². The minimum absolute atomic E-state index is 0.267. The Morgan fingerprint density at radius 2 is 1.12 bits per heavy atom. The maximum absolute atomic E-state index is 6.47. The number of allylic oxidation sites excluding steroid dienone is 8. The van der Waals surface area contributed by atoms with Crippen LogP contribution in [0.4, 0.5) is 0 Å². The maximum atomic E-state index is 6.47. The van der Waals surface area contributed by atoms with Gasteiger partial charge in [0.25, 0.3) is 0 Å². The lowest BCUT2D eigenvalue weighted by Crippen LogP contribution is -2.12. The highest BCUT2D eigenvalue weighted by atomic mass is 16.3. The molecule has 11 rings (SSSR count). The van der Waals surface area contributed by atoms with Crippen LogP contribution in [-0.4, -0.2) is 15.0 Å². The molecule has 0 bridgehead atoms. The van der Waals surface area contributed by atoms with Crippen molar-refractivity contribution in [1.29, 1.82) is 0 Å². The number of nitrogens with zero attached hydrogens (tertiary/aromatic N) is 3. The van der Waals surface area contributed by atoms with Crippen LogP contribution in [0.2, 0.25) is 0 Å². The lowest BCUT2D eigenvalue weighted by Gasteiger charge is -2.22. The molecule has 2 aliphatic rings. The third-order valence-corrected chi connectivity index (χ3v) is 10.4. The van der Waals surface area contributed by atoms with Crippen molar-refractivity contribution < 1.29 is 8.83 Å². The second kappa shape index (κ2) is 11.3. The predicted molar refractivity (Wildman–Crippen MR) is 211 cm³/mol. The first-order valence-corrected chi connectivity index (χ1v) is 17.6. The van der Waals surface area contributed by atoms with Gasteiger partial charge in [0, 0.05) is 50.1 Å². The van der Waals surface area contributed by atoms with Crippen molar-refractivity contribution in [3.8, 4) is 33.9 Å². The highest BCUT2D eigenvalue weighted by Crippen LogP contribution is 2.41. The predicted octanol–water partition coefficient (Wildman–Crippen LogP) is 12.1. The number of benzene rings is 6. The van der Waals surface area contributed by atoms with Crippen molar-refractivity contribution in [2.45, 2.75) is 0 Å². The van der Waals surface area contributed by atoms with Crippen LogP contribution in [0.15, 0.2) is 173 Å². The van der Waals surface area contributed by atoms with Crippen molar-refractivity contribution in [2.24, 2.45) is 11.8 Å². The monoisotopic (exact) mass is 667 g/mol. The quantitative estimate of drug-likeness (QED) is 0.187. The van der Waals surface area contributed by atoms with E-state index >= 15 is 0 Å². The number of furan rings is 2. The molecule has 0 aliphatic heterocycles. The summed E-state index contributed by atoms with van der Waals surface area (Å²) in [4.78, 5) is 15.3. The fourth-order valence-electron chi connectivity index (χ4n) is 7.89. The number of hydrogen-bond donors (Lipinski definition) is 0. The van der Waals surface area contributed by atoms with Gasteiger partial charge in [-0.2, -0.15) is 0 Å². The van der Waals surface area contributed by atoms with Gasteiger partial charge in [-0.25, -0.2) is 15.0 Å². The van der Waals surface area contributed by atoms with Gasteiger partial charge in [0.1, 0.15) is 22.3 Å². The van der Waals surface area contributed by atoms with E-state index < -0.39 is 0 Å². The van der Waals surface area contributed by atoms with Crippen LogP contribution in [0.5, 0.6) is 0 Å². The fraction of sp³-hybridized carbons (Fsp3) is 0.0426. The summed E-state index contributed by atoms with van der Waals surface area (Å²) in [7, 11) is 0. The molecule has 5 nitrogen and oxygen atoms in total. The molecule has 52 heavy (non-hydrogen) atoms. The first kappa shape index (κ1) is 28.9. The summed E-state index contributed by atoms with van der Waals surface area (Å²) in [5, 5.41) is 6.61. The van der Waals surface area contributed by atoms with Crippen LogP contribution in [0.3, 0.4) is 0 Å².